The molecule has 0 saturated heterocycles. The van der Waals surface area contributed by atoms with Gasteiger partial charge in [-0.05, 0) is 18.1 Å². The Kier molecular flexibility index (Phi) is 0.798. The van der Waals surface area contributed by atoms with E-state index in [1.165, 1.54) is 0 Å². The molecule has 1 aromatic rings. The van der Waals surface area contributed by atoms with Gasteiger partial charge in [-0.3, -0.25) is 4.79 Å². The molecule has 0 radical (unpaired) electrons. The summed E-state index contributed by atoms with van der Waals surface area (Å²) in [6, 6.07) is -2.83. The molecule has 64 valence electrons. The van der Waals surface area contributed by atoms with Crippen LogP contribution in [0, 0.1) is 0 Å². The van der Waals surface area contributed by atoms with Crippen molar-refractivity contribution in [1.29, 1.82) is 0 Å². The number of benzene rings is 1. The second-order valence-corrected chi connectivity index (χ2v) is 2.62. The van der Waals surface area contributed by atoms with Crippen LogP contribution >= 0.6 is 15.9 Å². The molecule has 12 heavy (non-hydrogen) atoms. The zero-order valence-electron chi connectivity index (χ0n) is 15.7. The average molecular weight is 238 g/mol. The number of carbonyl (C=O) groups excluding carboxylic acids is 1. The fraction of sp³-hybridized carbons (Fsp3) is 0.222. The van der Waals surface area contributed by atoms with Crippen LogP contribution in [-0.4, -0.2) is 24.8 Å². The highest BCUT2D eigenvalue weighted by Crippen LogP contribution is 2.12. The third-order valence-electron chi connectivity index (χ3n) is 1.01. The predicted octanol–water partition coefficient (Wildman–Crippen LogP) is 2.15. The predicted molar refractivity (Wildman–Crippen MR) is 52.2 cm³/mol. The first-order chi connectivity index (χ1) is 9.71. The van der Waals surface area contributed by atoms with Crippen LogP contribution in [0.5, 0.6) is 0 Å². The highest BCUT2D eigenvalue weighted by Gasteiger charge is 2.06. The number of carbonyl (C=O) groups is 1. The van der Waals surface area contributed by atoms with Gasteiger partial charge in [0.15, 0.2) is 0 Å². The lowest BCUT2D eigenvalue weighted by molar-refractivity contribution is 0.0827. The van der Waals surface area contributed by atoms with Gasteiger partial charge in [-0.15, -0.1) is 0 Å². The Morgan fingerprint density at radius 2 is 2.42 bits per heavy atom. The number of halogens is 1. The summed E-state index contributed by atoms with van der Waals surface area (Å²) in [6.45, 7) is -6.65. The molecule has 0 unspecified atom stereocenters. The Balaban J connectivity index is 3.65. The second kappa shape index (κ2) is 3.72. The Bertz CT molecular complexity index is 579. The van der Waals surface area contributed by atoms with Crippen molar-refractivity contribution in [2.24, 2.45) is 0 Å². The summed E-state index contributed by atoms with van der Waals surface area (Å²) in [5.74, 6) is -1.59. The fourth-order valence-corrected chi connectivity index (χ4v) is 0.837. The van der Waals surface area contributed by atoms with Gasteiger partial charge < -0.3 is 4.90 Å². The van der Waals surface area contributed by atoms with E-state index in [1.807, 2.05) is 0 Å². The molecular weight excluding hydrogens is 218 g/mol. The van der Waals surface area contributed by atoms with E-state index in [9.17, 15) is 4.79 Å². The maximum absolute atomic E-state index is 12.3. The molecule has 0 fully saturated rings. The van der Waals surface area contributed by atoms with Crippen LogP contribution in [-0.2, 0) is 0 Å². The third kappa shape index (κ3) is 2.08. The molecule has 0 aromatic heterocycles. The topological polar surface area (TPSA) is 20.3 Å². The summed E-state index contributed by atoms with van der Waals surface area (Å²) >= 11 is 2.80. The SMILES string of the molecule is [2H]c1c([2H])c(Br)c([2H])c(C(=O)N(C([2H])([2H])[2H])C([2H])([2H])[2H])c1[2H]. The van der Waals surface area contributed by atoms with Crippen LogP contribution in [0.3, 0.4) is 0 Å². The molecule has 0 heterocycles. The number of amides is 1. The van der Waals surface area contributed by atoms with Crippen molar-refractivity contribution < 1.29 is 18.5 Å². The standard InChI is InChI=1S/C9H10BrNO/c1-11(2)9(12)7-4-3-5-8(10)6-7/h3-6H,1-2H3/i1D3,2D3,3D,4D,5D,6D. The molecule has 1 amide bonds. The normalized spacial score (nSPS) is 23.8. The Labute approximate surface area is 94.4 Å². The van der Waals surface area contributed by atoms with Crippen LogP contribution in [0.25, 0.3) is 0 Å². The highest BCUT2D eigenvalue weighted by atomic mass is 79.9. The Morgan fingerprint density at radius 3 is 3.08 bits per heavy atom. The van der Waals surface area contributed by atoms with E-state index in [1.54, 1.807) is 0 Å². The van der Waals surface area contributed by atoms with E-state index in [0.717, 1.165) is 0 Å². The largest absolute Gasteiger partial charge is 0.345 e. The molecule has 0 bridgehead atoms. The lowest BCUT2D eigenvalue weighted by Crippen LogP contribution is -2.21. The van der Waals surface area contributed by atoms with Gasteiger partial charge in [-0.25, -0.2) is 0 Å². The van der Waals surface area contributed by atoms with Gasteiger partial charge in [0, 0.05) is 32.2 Å². The summed E-state index contributed by atoms with van der Waals surface area (Å²) < 4.78 is 73.1. The van der Waals surface area contributed by atoms with Crippen molar-refractivity contribution in [3.63, 3.8) is 0 Å². The monoisotopic (exact) mass is 237 g/mol. The minimum Gasteiger partial charge on any atom is -0.345 e. The first-order valence-corrected chi connectivity index (χ1v) is 3.61. The smallest absolute Gasteiger partial charge is 0.253 e. The molecule has 3 heteroatoms. The van der Waals surface area contributed by atoms with Crippen molar-refractivity contribution in [3.8, 4) is 0 Å². The third-order valence-corrected chi connectivity index (χ3v) is 1.41. The van der Waals surface area contributed by atoms with E-state index < -0.39 is 49.6 Å². The molecule has 1 aromatic carbocycles. The molecule has 0 aliphatic heterocycles. The first kappa shape index (κ1) is 2.58. The average Bonchev–Trinajstić information content (AvgIpc) is 2.30. The van der Waals surface area contributed by atoms with Crippen molar-refractivity contribution in [2.75, 3.05) is 14.0 Å². The summed E-state index contributed by atoms with van der Waals surface area (Å²) in [5.41, 5.74) is -0.861. The maximum atomic E-state index is 12.3. The number of nitrogens with zero attached hydrogens (tertiary/aromatic N) is 1. The number of rotatable bonds is 1. The molecular formula is C9H10BrNO. The molecule has 0 aliphatic carbocycles. The van der Waals surface area contributed by atoms with Crippen LogP contribution < -0.4 is 0 Å². The number of hydrogen-bond donors (Lipinski definition) is 0. The van der Waals surface area contributed by atoms with Crippen molar-refractivity contribution in [3.05, 3.63) is 34.2 Å². The van der Waals surface area contributed by atoms with Crippen molar-refractivity contribution in [1.82, 2.24) is 4.90 Å². The van der Waals surface area contributed by atoms with E-state index in [-0.39, 0.29) is 9.37 Å². The van der Waals surface area contributed by atoms with E-state index in [2.05, 4.69) is 15.9 Å². The summed E-state index contributed by atoms with van der Waals surface area (Å²) in [4.78, 5) is 11.9. The molecule has 0 aliphatic rings. The van der Waals surface area contributed by atoms with E-state index >= 15 is 0 Å². The number of hydrogen-bond acceptors (Lipinski definition) is 1. The van der Waals surface area contributed by atoms with Gasteiger partial charge in [0.05, 0.1) is 5.48 Å². The van der Waals surface area contributed by atoms with Gasteiger partial charge in [0.25, 0.3) is 5.91 Å². The molecule has 2 nitrogen and oxygen atoms in total. The van der Waals surface area contributed by atoms with Gasteiger partial charge in [-0.2, -0.15) is 0 Å². The zero-order chi connectivity index (χ0) is 17.6. The Morgan fingerprint density at radius 1 is 1.67 bits per heavy atom. The fourth-order valence-electron chi connectivity index (χ4n) is 0.540. The molecule has 0 N–H and O–H groups in total. The van der Waals surface area contributed by atoms with Gasteiger partial charge >= 0.3 is 0 Å². The van der Waals surface area contributed by atoms with Gasteiger partial charge in [-0.1, -0.05) is 22.0 Å². The summed E-state index contributed by atoms with van der Waals surface area (Å²) in [7, 11) is 0. The first-order valence-electron chi connectivity index (χ1n) is 7.81. The lowest BCUT2D eigenvalue weighted by Gasteiger charge is -2.09. The van der Waals surface area contributed by atoms with Crippen molar-refractivity contribution >= 4 is 21.8 Å². The van der Waals surface area contributed by atoms with Crippen LogP contribution in [0.15, 0.2) is 28.6 Å². The van der Waals surface area contributed by atoms with E-state index in [4.69, 9.17) is 13.7 Å². The molecule has 0 atom stereocenters. The minimum absolute atomic E-state index is 0.298. The minimum atomic E-state index is -3.32. The molecule has 1 rings (SSSR count). The molecule has 0 spiro atoms. The lowest BCUT2D eigenvalue weighted by atomic mass is 10.2. The van der Waals surface area contributed by atoms with Gasteiger partial charge in [0.2, 0.25) is 0 Å². The quantitative estimate of drug-likeness (QED) is 0.734. The van der Waals surface area contributed by atoms with Crippen LogP contribution in [0.4, 0.5) is 0 Å². The summed E-state index contributed by atoms with van der Waals surface area (Å²) in [6.07, 6.45) is 0. The zero-order valence-corrected chi connectivity index (χ0v) is 7.32. The van der Waals surface area contributed by atoms with Crippen molar-refractivity contribution in [2.45, 2.75) is 0 Å². The Hall–Kier alpha value is -0.830. The highest BCUT2D eigenvalue weighted by molar-refractivity contribution is 9.10. The van der Waals surface area contributed by atoms with E-state index in [0.29, 0.717) is 0 Å². The summed E-state index contributed by atoms with van der Waals surface area (Å²) in [5, 5.41) is 0. The van der Waals surface area contributed by atoms with Gasteiger partial charge in [0.1, 0.15) is 0 Å². The second-order valence-electron chi connectivity index (χ2n) is 1.83. The van der Waals surface area contributed by atoms with Crippen LogP contribution in [0.2, 0.25) is 0 Å². The maximum Gasteiger partial charge on any atom is 0.253 e. The van der Waals surface area contributed by atoms with Crippen LogP contribution in [0.1, 0.15) is 24.1 Å². The molecule has 0 saturated carbocycles.